The van der Waals surface area contributed by atoms with Gasteiger partial charge in [0.05, 0.1) is 11.2 Å². The molecule has 0 radical (unpaired) electrons. The molecule has 88 valence electrons. The van der Waals surface area contributed by atoms with E-state index in [-0.39, 0.29) is 5.95 Å². The summed E-state index contributed by atoms with van der Waals surface area (Å²) in [5, 5.41) is 7.66. The second-order valence-electron chi connectivity index (χ2n) is 3.97. The Morgan fingerprint density at radius 2 is 1.61 bits per heavy atom. The van der Waals surface area contributed by atoms with Crippen molar-refractivity contribution >= 4 is 22.7 Å². The van der Waals surface area contributed by atoms with Gasteiger partial charge in [-0.15, -0.1) is 10.2 Å². The van der Waals surface area contributed by atoms with Gasteiger partial charge in [0.1, 0.15) is 5.52 Å². The molecule has 0 unspecified atom stereocenters. The molecule has 1 heterocycles. The first-order chi connectivity index (χ1) is 8.74. The quantitative estimate of drug-likeness (QED) is 0.630. The van der Waals surface area contributed by atoms with Crippen molar-refractivity contribution in [3.63, 3.8) is 0 Å². The van der Waals surface area contributed by atoms with Gasteiger partial charge in [-0.1, -0.05) is 30.3 Å². The Hall–Kier alpha value is -2.69. The molecule has 5 nitrogen and oxygen atoms in total. The summed E-state index contributed by atoms with van der Waals surface area (Å²) < 4.78 is 0. The summed E-state index contributed by atoms with van der Waals surface area (Å²) in [6.07, 6.45) is 0. The summed E-state index contributed by atoms with van der Waals surface area (Å²) in [5.41, 5.74) is 15.3. The Morgan fingerprint density at radius 3 is 2.39 bits per heavy atom. The lowest BCUT2D eigenvalue weighted by atomic mass is 10.0. The van der Waals surface area contributed by atoms with E-state index in [1.807, 2.05) is 42.5 Å². The minimum atomic E-state index is 0.145. The fraction of sp³-hybridized carbons (Fsp3) is 0. The molecule has 0 fully saturated rings. The van der Waals surface area contributed by atoms with Crippen LogP contribution in [0, 0.1) is 0 Å². The van der Waals surface area contributed by atoms with Crippen molar-refractivity contribution < 1.29 is 0 Å². The highest BCUT2D eigenvalue weighted by Gasteiger charge is 2.06. The van der Waals surface area contributed by atoms with Crippen LogP contribution in [-0.2, 0) is 0 Å². The number of anilines is 2. The Kier molecular flexibility index (Phi) is 2.30. The summed E-state index contributed by atoms with van der Waals surface area (Å²) in [6, 6.07) is 13.7. The highest BCUT2D eigenvalue weighted by molar-refractivity contribution is 5.91. The fourth-order valence-corrected chi connectivity index (χ4v) is 1.88. The Labute approximate surface area is 103 Å². The van der Waals surface area contributed by atoms with Gasteiger partial charge in [-0.05, 0) is 23.3 Å². The van der Waals surface area contributed by atoms with Crippen LogP contribution in [0.1, 0.15) is 0 Å². The maximum absolute atomic E-state index is 5.96. The zero-order valence-electron chi connectivity index (χ0n) is 9.54. The largest absolute Gasteiger partial charge is 0.397 e. The van der Waals surface area contributed by atoms with Crippen molar-refractivity contribution in [2.45, 2.75) is 0 Å². The van der Waals surface area contributed by atoms with Crippen molar-refractivity contribution in [1.82, 2.24) is 15.2 Å². The molecule has 0 saturated heterocycles. The molecular formula is C13H11N5. The van der Waals surface area contributed by atoms with Gasteiger partial charge in [-0.25, -0.2) is 4.98 Å². The predicted molar refractivity (Wildman–Crippen MR) is 71.6 cm³/mol. The SMILES string of the molecule is Nc1nnc2c(N)cc(-c3ccccc3)cc2n1. The topological polar surface area (TPSA) is 90.7 Å². The van der Waals surface area contributed by atoms with E-state index in [0.717, 1.165) is 11.1 Å². The molecule has 18 heavy (non-hydrogen) atoms. The summed E-state index contributed by atoms with van der Waals surface area (Å²) in [6.45, 7) is 0. The summed E-state index contributed by atoms with van der Waals surface area (Å²) in [5.74, 6) is 0.145. The molecule has 0 aliphatic carbocycles. The zero-order valence-corrected chi connectivity index (χ0v) is 9.54. The normalized spacial score (nSPS) is 10.7. The number of hydrogen-bond donors (Lipinski definition) is 2. The van der Waals surface area contributed by atoms with Gasteiger partial charge in [-0.3, -0.25) is 0 Å². The van der Waals surface area contributed by atoms with Crippen LogP contribution in [0.3, 0.4) is 0 Å². The molecule has 4 N–H and O–H groups in total. The Morgan fingerprint density at radius 1 is 0.833 bits per heavy atom. The van der Waals surface area contributed by atoms with Crippen LogP contribution in [0.25, 0.3) is 22.2 Å². The maximum Gasteiger partial charge on any atom is 0.240 e. The number of hydrogen-bond acceptors (Lipinski definition) is 5. The molecule has 0 bridgehead atoms. The van der Waals surface area contributed by atoms with E-state index in [4.69, 9.17) is 11.5 Å². The number of nitrogens with zero attached hydrogens (tertiary/aromatic N) is 3. The molecule has 0 amide bonds. The van der Waals surface area contributed by atoms with Crippen LogP contribution in [0.2, 0.25) is 0 Å². The lowest BCUT2D eigenvalue weighted by Crippen LogP contribution is -2.00. The van der Waals surface area contributed by atoms with E-state index in [0.29, 0.717) is 16.7 Å². The number of fused-ring (bicyclic) bond motifs is 1. The van der Waals surface area contributed by atoms with Gasteiger partial charge in [0.25, 0.3) is 0 Å². The molecule has 5 heteroatoms. The Balaban J connectivity index is 2.27. The number of nitrogen functional groups attached to an aromatic ring is 2. The van der Waals surface area contributed by atoms with Gasteiger partial charge in [-0.2, -0.15) is 0 Å². The van der Waals surface area contributed by atoms with E-state index < -0.39 is 0 Å². The molecule has 0 aliphatic rings. The second-order valence-corrected chi connectivity index (χ2v) is 3.97. The smallest absolute Gasteiger partial charge is 0.240 e. The minimum Gasteiger partial charge on any atom is -0.397 e. The summed E-state index contributed by atoms with van der Waals surface area (Å²) in [7, 11) is 0. The molecular weight excluding hydrogens is 226 g/mol. The van der Waals surface area contributed by atoms with E-state index in [2.05, 4.69) is 15.2 Å². The van der Waals surface area contributed by atoms with Gasteiger partial charge in [0.2, 0.25) is 5.95 Å². The predicted octanol–water partition coefficient (Wildman–Crippen LogP) is 1.86. The highest BCUT2D eigenvalue weighted by Crippen LogP contribution is 2.26. The minimum absolute atomic E-state index is 0.145. The third-order valence-electron chi connectivity index (χ3n) is 2.71. The fourth-order valence-electron chi connectivity index (χ4n) is 1.88. The number of rotatable bonds is 1. The molecule has 2 aromatic carbocycles. The van der Waals surface area contributed by atoms with Gasteiger partial charge >= 0.3 is 0 Å². The molecule has 1 aromatic heterocycles. The Bertz CT molecular complexity index is 709. The van der Waals surface area contributed by atoms with Crippen molar-refractivity contribution in [3.8, 4) is 11.1 Å². The monoisotopic (exact) mass is 237 g/mol. The van der Waals surface area contributed by atoms with Crippen LogP contribution in [0.5, 0.6) is 0 Å². The standard InChI is InChI=1S/C13H11N5/c14-10-6-9(8-4-2-1-3-5-8)7-11-12(10)17-18-13(15)16-11/h1-7H,14H2,(H2,15,16,18). The summed E-state index contributed by atoms with van der Waals surface area (Å²) >= 11 is 0. The van der Waals surface area contributed by atoms with Crippen LogP contribution in [0.4, 0.5) is 11.6 Å². The molecule has 0 aliphatic heterocycles. The lowest BCUT2D eigenvalue weighted by molar-refractivity contribution is 1.04. The van der Waals surface area contributed by atoms with Crippen LogP contribution >= 0.6 is 0 Å². The molecule has 0 atom stereocenters. The molecule has 0 saturated carbocycles. The van der Waals surface area contributed by atoms with E-state index in [9.17, 15) is 0 Å². The first kappa shape index (κ1) is 10.5. The van der Waals surface area contributed by atoms with Gasteiger partial charge < -0.3 is 11.5 Å². The zero-order chi connectivity index (χ0) is 12.5. The van der Waals surface area contributed by atoms with E-state index >= 15 is 0 Å². The maximum atomic E-state index is 5.96. The lowest BCUT2D eigenvalue weighted by Gasteiger charge is -2.06. The average molecular weight is 237 g/mol. The molecule has 3 aromatic rings. The van der Waals surface area contributed by atoms with Crippen molar-refractivity contribution in [2.24, 2.45) is 0 Å². The van der Waals surface area contributed by atoms with Gasteiger partial charge in [0.15, 0.2) is 0 Å². The summed E-state index contributed by atoms with van der Waals surface area (Å²) in [4.78, 5) is 4.15. The first-order valence-corrected chi connectivity index (χ1v) is 5.49. The third-order valence-corrected chi connectivity index (χ3v) is 2.71. The number of benzene rings is 2. The first-order valence-electron chi connectivity index (χ1n) is 5.49. The van der Waals surface area contributed by atoms with Crippen molar-refractivity contribution in [1.29, 1.82) is 0 Å². The van der Waals surface area contributed by atoms with Crippen molar-refractivity contribution in [3.05, 3.63) is 42.5 Å². The van der Waals surface area contributed by atoms with E-state index in [1.165, 1.54) is 0 Å². The van der Waals surface area contributed by atoms with Crippen LogP contribution < -0.4 is 11.5 Å². The third kappa shape index (κ3) is 1.71. The average Bonchev–Trinajstić information content (AvgIpc) is 2.39. The van der Waals surface area contributed by atoms with Crippen LogP contribution in [-0.4, -0.2) is 15.2 Å². The van der Waals surface area contributed by atoms with Crippen molar-refractivity contribution in [2.75, 3.05) is 11.5 Å². The number of nitrogens with two attached hydrogens (primary N) is 2. The molecule has 3 rings (SSSR count). The molecule has 0 spiro atoms. The highest BCUT2D eigenvalue weighted by atomic mass is 15.2. The van der Waals surface area contributed by atoms with Gasteiger partial charge in [0, 0.05) is 0 Å². The number of aromatic nitrogens is 3. The van der Waals surface area contributed by atoms with E-state index in [1.54, 1.807) is 0 Å². The second kappa shape index (κ2) is 3.96. The van der Waals surface area contributed by atoms with Crippen LogP contribution in [0.15, 0.2) is 42.5 Å².